The highest BCUT2D eigenvalue weighted by molar-refractivity contribution is 8.01. The minimum absolute atomic E-state index is 0.0524. The van der Waals surface area contributed by atoms with Crippen LogP contribution in [0.25, 0.3) is 0 Å². The third kappa shape index (κ3) is 3.66. The predicted molar refractivity (Wildman–Crippen MR) is 116 cm³/mol. The van der Waals surface area contributed by atoms with Crippen molar-refractivity contribution in [1.29, 1.82) is 0 Å². The van der Waals surface area contributed by atoms with Crippen molar-refractivity contribution in [3.05, 3.63) is 94.0 Å². The second-order valence-corrected chi connectivity index (χ2v) is 9.59. The lowest BCUT2D eigenvalue weighted by molar-refractivity contribution is 0.103. The average Bonchev–Trinajstić information content (AvgIpc) is 2.72. The van der Waals surface area contributed by atoms with Gasteiger partial charge in [0.25, 0.3) is 0 Å². The number of carbonyl (C=O) groups is 2. The molecule has 3 aromatic rings. The van der Waals surface area contributed by atoms with Gasteiger partial charge in [0.2, 0.25) is 18.2 Å². The van der Waals surface area contributed by atoms with Crippen LogP contribution >= 0.6 is 18.7 Å². The van der Waals surface area contributed by atoms with Gasteiger partial charge in [-0.1, -0.05) is 66.2 Å². The molecule has 0 amide bonds. The Labute approximate surface area is 174 Å². The summed E-state index contributed by atoms with van der Waals surface area (Å²) in [6, 6.07) is 18.1. The van der Waals surface area contributed by atoms with Crippen LogP contribution in [0.2, 0.25) is 5.02 Å². The van der Waals surface area contributed by atoms with Gasteiger partial charge >= 0.3 is 0 Å². The maximum Gasteiger partial charge on any atom is 0.248 e. The number of benzene rings is 3. The van der Waals surface area contributed by atoms with Crippen LogP contribution in [0, 0.1) is 13.8 Å². The molecule has 1 unspecified atom stereocenters. The lowest BCUT2D eigenvalue weighted by Gasteiger charge is -2.20. The van der Waals surface area contributed by atoms with E-state index in [9.17, 15) is 14.2 Å². The van der Waals surface area contributed by atoms with Gasteiger partial charge in [0.1, 0.15) is 5.75 Å². The molecule has 0 aliphatic rings. The van der Waals surface area contributed by atoms with Gasteiger partial charge in [-0.15, -0.1) is 0 Å². The number of hydrogen-bond acceptors (Lipinski definition) is 4. The first-order valence-corrected chi connectivity index (χ1v) is 11.0. The van der Waals surface area contributed by atoms with Crippen LogP contribution in [0.15, 0.2) is 66.7 Å². The third-order valence-corrected chi connectivity index (χ3v) is 7.73. The molecule has 4 nitrogen and oxygen atoms in total. The second-order valence-electron chi connectivity index (χ2n) is 6.64. The van der Waals surface area contributed by atoms with Crippen LogP contribution in [0.5, 0.6) is 5.75 Å². The summed E-state index contributed by atoms with van der Waals surface area (Å²) in [6.07, 6.45) is 0. The molecule has 0 N–H and O–H groups in total. The smallest absolute Gasteiger partial charge is 0.248 e. The van der Waals surface area contributed by atoms with Crippen molar-refractivity contribution in [2.45, 2.75) is 13.8 Å². The number of ether oxygens (including phenoxy) is 1. The molecule has 0 radical (unpaired) electrons. The Morgan fingerprint density at radius 3 is 1.93 bits per heavy atom. The number of halogens is 1. The normalized spacial score (nSPS) is 12.8. The van der Waals surface area contributed by atoms with Crippen LogP contribution in [0.1, 0.15) is 31.8 Å². The maximum atomic E-state index is 14.3. The minimum atomic E-state index is -4.26. The van der Waals surface area contributed by atoms with E-state index >= 15 is 0 Å². The van der Waals surface area contributed by atoms with E-state index in [2.05, 4.69) is 0 Å². The summed E-state index contributed by atoms with van der Waals surface area (Å²) in [4.78, 5) is 27.3. The largest absolute Gasteiger partial charge is 0.496 e. The fourth-order valence-electron chi connectivity index (χ4n) is 3.31. The highest BCUT2D eigenvalue weighted by Crippen LogP contribution is 2.53. The van der Waals surface area contributed by atoms with Gasteiger partial charge in [-0.3, -0.25) is 9.59 Å². The van der Waals surface area contributed by atoms with Gasteiger partial charge < -0.3 is 9.30 Å². The van der Waals surface area contributed by atoms with Crippen molar-refractivity contribution in [1.82, 2.24) is 0 Å². The Bertz CT molecular complexity index is 1120. The fraction of sp³-hybridized carbons (Fsp3) is 0.130. The summed E-state index contributed by atoms with van der Waals surface area (Å²) in [6.45, 7) is 3.52. The van der Waals surface area contributed by atoms with E-state index in [1.807, 2.05) is 6.07 Å². The monoisotopic (exact) mass is 426 g/mol. The molecule has 148 valence electrons. The third-order valence-electron chi connectivity index (χ3n) is 4.80. The van der Waals surface area contributed by atoms with Gasteiger partial charge in [0.05, 0.1) is 17.7 Å². The number of rotatable bonds is 6. The Balaban J connectivity index is 2.31. The van der Waals surface area contributed by atoms with E-state index in [0.717, 1.165) is 0 Å². The molecule has 0 bridgehead atoms. The average molecular weight is 427 g/mol. The van der Waals surface area contributed by atoms with Crippen LogP contribution in [-0.2, 0) is 4.57 Å². The Kier molecular flexibility index (Phi) is 6.07. The number of methoxy groups -OCH3 is 1. The molecular formula is C23H20ClO4P. The lowest BCUT2D eigenvalue weighted by Crippen LogP contribution is -2.22. The zero-order chi connectivity index (χ0) is 21.2. The van der Waals surface area contributed by atoms with Crippen molar-refractivity contribution in [2.24, 2.45) is 0 Å². The van der Waals surface area contributed by atoms with Crippen LogP contribution in [-0.4, -0.2) is 18.2 Å². The van der Waals surface area contributed by atoms with Crippen LogP contribution in [0.4, 0.5) is 0 Å². The van der Waals surface area contributed by atoms with Crippen molar-refractivity contribution in [3.8, 4) is 5.75 Å². The molecule has 0 saturated carbocycles. The van der Waals surface area contributed by atoms with Gasteiger partial charge in [-0.2, -0.15) is 0 Å². The summed E-state index contributed by atoms with van der Waals surface area (Å²) in [5, 5.41) is 0.249. The SMILES string of the molecule is COc1cccc(Cl)c1C(=O)P(=O)(C(=O)c1c(C)cccc1C)c1ccccc1. The molecule has 0 saturated heterocycles. The zero-order valence-corrected chi connectivity index (χ0v) is 18.0. The van der Waals surface area contributed by atoms with E-state index in [0.29, 0.717) is 16.7 Å². The summed E-state index contributed by atoms with van der Waals surface area (Å²) in [5.41, 5.74) is 0.0164. The topological polar surface area (TPSA) is 60.4 Å². The van der Waals surface area contributed by atoms with E-state index < -0.39 is 18.2 Å². The molecule has 0 heterocycles. The highest BCUT2D eigenvalue weighted by Gasteiger charge is 2.45. The van der Waals surface area contributed by atoms with Crippen molar-refractivity contribution < 1.29 is 18.9 Å². The van der Waals surface area contributed by atoms with Crippen LogP contribution < -0.4 is 10.0 Å². The van der Waals surface area contributed by atoms with Crippen molar-refractivity contribution in [3.63, 3.8) is 0 Å². The molecular weight excluding hydrogens is 407 g/mol. The van der Waals surface area contributed by atoms with Crippen LogP contribution in [0.3, 0.4) is 0 Å². The molecule has 0 spiro atoms. The van der Waals surface area contributed by atoms with Gasteiger partial charge in [0, 0.05) is 10.9 Å². The molecule has 3 aromatic carbocycles. The quantitative estimate of drug-likeness (QED) is 0.479. The first-order chi connectivity index (χ1) is 13.8. The molecule has 0 aliphatic carbocycles. The molecule has 0 aromatic heterocycles. The van der Waals surface area contributed by atoms with Crippen molar-refractivity contribution in [2.75, 3.05) is 7.11 Å². The molecule has 0 aliphatic heterocycles. The second kappa shape index (κ2) is 8.36. The van der Waals surface area contributed by atoms with Gasteiger partial charge in [-0.05, 0) is 37.1 Å². The minimum Gasteiger partial charge on any atom is -0.496 e. The summed E-state index contributed by atoms with van der Waals surface area (Å²) in [5.74, 6) is 0.174. The van der Waals surface area contributed by atoms with E-state index in [-0.39, 0.29) is 21.6 Å². The Morgan fingerprint density at radius 2 is 1.34 bits per heavy atom. The zero-order valence-electron chi connectivity index (χ0n) is 16.3. The maximum absolute atomic E-state index is 14.3. The van der Waals surface area contributed by atoms with E-state index in [1.54, 1.807) is 56.3 Å². The molecule has 3 rings (SSSR count). The molecule has 6 heteroatoms. The lowest BCUT2D eigenvalue weighted by atomic mass is 10.0. The first-order valence-electron chi connectivity index (χ1n) is 8.96. The number of carbonyl (C=O) groups excluding carboxylic acids is 2. The summed E-state index contributed by atoms with van der Waals surface area (Å²) >= 11 is 6.28. The molecule has 1 atom stereocenters. The summed E-state index contributed by atoms with van der Waals surface area (Å²) < 4.78 is 19.6. The van der Waals surface area contributed by atoms with E-state index in [4.69, 9.17) is 16.3 Å². The molecule has 0 fully saturated rings. The fourth-order valence-corrected chi connectivity index (χ4v) is 6.09. The first kappa shape index (κ1) is 21.0. The van der Waals surface area contributed by atoms with Gasteiger partial charge in [0.15, 0.2) is 0 Å². The predicted octanol–water partition coefficient (Wildman–Crippen LogP) is 5.63. The number of aryl methyl sites for hydroxylation is 2. The highest BCUT2D eigenvalue weighted by atomic mass is 35.5. The Morgan fingerprint density at radius 1 is 0.793 bits per heavy atom. The van der Waals surface area contributed by atoms with E-state index in [1.165, 1.54) is 25.3 Å². The number of hydrogen-bond donors (Lipinski definition) is 0. The van der Waals surface area contributed by atoms with Gasteiger partial charge in [-0.25, -0.2) is 0 Å². The molecule has 29 heavy (non-hydrogen) atoms. The summed E-state index contributed by atoms with van der Waals surface area (Å²) in [7, 11) is -2.87. The van der Waals surface area contributed by atoms with Crippen molar-refractivity contribution >= 4 is 35.1 Å². The Hall–Kier alpha value is -2.68. The standard InChI is InChI=1S/C23H20ClO4P/c1-15-9-7-10-16(2)20(15)22(25)29(27,17-11-5-4-6-12-17)23(26)21-18(24)13-8-14-19(21)28-3/h4-14H,1-3H3.